The predicted molar refractivity (Wildman–Crippen MR) is 93.2 cm³/mol. The third kappa shape index (κ3) is 4.16. The maximum absolute atomic E-state index is 12.5. The summed E-state index contributed by atoms with van der Waals surface area (Å²) in [6.45, 7) is 3.47. The summed E-state index contributed by atoms with van der Waals surface area (Å²) in [5.74, 6) is 1.63. The summed E-state index contributed by atoms with van der Waals surface area (Å²) >= 11 is 0. The van der Waals surface area contributed by atoms with Crippen molar-refractivity contribution in [3.8, 4) is 5.75 Å². The lowest BCUT2D eigenvalue weighted by molar-refractivity contribution is 0.0945. The maximum atomic E-state index is 12.5. The highest BCUT2D eigenvalue weighted by Gasteiger charge is 2.19. The molecule has 3 rings (SSSR count). The van der Waals surface area contributed by atoms with E-state index in [1.807, 2.05) is 37.4 Å². The van der Waals surface area contributed by atoms with E-state index >= 15 is 0 Å². The van der Waals surface area contributed by atoms with E-state index < -0.39 is 0 Å². The number of para-hydroxylation sites is 1. The number of hydrogen-bond acceptors (Lipinski definition) is 3. The molecule has 1 aromatic carbocycles. The summed E-state index contributed by atoms with van der Waals surface area (Å²) in [6.07, 6.45) is 9.48. The summed E-state index contributed by atoms with van der Waals surface area (Å²) in [6, 6.07) is 7.52. The van der Waals surface area contributed by atoms with E-state index in [0.717, 1.165) is 31.6 Å². The molecule has 1 heterocycles. The first kappa shape index (κ1) is 16.6. The van der Waals surface area contributed by atoms with Gasteiger partial charge in [0, 0.05) is 25.5 Å². The first-order chi connectivity index (χ1) is 11.7. The molecule has 0 saturated heterocycles. The molecule has 0 spiro atoms. The minimum absolute atomic E-state index is 0.0639. The van der Waals surface area contributed by atoms with Crippen molar-refractivity contribution in [1.29, 1.82) is 0 Å². The Morgan fingerprint density at radius 2 is 2.12 bits per heavy atom. The number of nitrogens with one attached hydrogen (secondary N) is 1. The van der Waals surface area contributed by atoms with Crippen molar-refractivity contribution in [1.82, 2.24) is 14.9 Å². The zero-order chi connectivity index (χ0) is 16.8. The Labute approximate surface area is 143 Å². The van der Waals surface area contributed by atoms with Crippen LogP contribution in [0.25, 0.3) is 0 Å². The van der Waals surface area contributed by atoms with Crippen LogP contribution in [0.5, 0.6) is 5.75 Å². The summed E-state index contributed by atoms with van der Waals surface area (Å²) < 4.78 is 8.12. The van der Waals surface area contributed by atoms with Crippen LogP contribution in [0.4, 0.5) is 0 Å². The molecule has 2 aromatic rings. The highest BCUT2D eigenvalue weighted by atomic mass is 16.5. The number of amides is 1. The number of rotatable bonds is 7. The second-order valence-corrected chi connectivity index (χ2v) is 6.30. The van der Waals surface area contributed by atoms with Crippen molar-refractivity contribution >= 4 is 5.91 Å². The fraction of sp³-hybridized carbons (Fsp3) is 0.474. The van der Waals surface area contributed by atoms with Gasteiger partial charge in [-0.05, 0) is 51.2 Å². The van der Waals surface area contributed by atoms with Crippen molar-refractivity contribution in [2.45, 2.75) is 51.7 Å². The summed E-state index contributed by atoms with van der Waals surface area (Å²) in [5.41, 5.74) is 0.628. The number of hydrogen-bond donors (Lipinski definition) is 1. The van der Waals surface area contributed by atoms with E-state index in [2.05, 4.69) is 14.9 Å². The second-order valence-electron chi connectivity index (χ2n) is 6.30. The fourth-order valence-corrected chi connectivity index (χ4v) is 3.13. The van der Waals surface area contributed by atoms with Crippen LogP contribution in [-0.4, -0.2) is 28.1 Å². The van der Waals surface area contributed by atoms with Gasteiger partial charge in [0.05, 0.1) is 11.7 Å². The van der Waals surface area contributed by atoms with Gasteiger partial charge >= 0.3 is 0 Å². The third-order valence-corrected chi connectivity index (χ3v) is 4.51. The Kier molecular flexibility index (Phi) is 5.51. The predicted octanol–water partition coefficient (Wildman–Crippen LogP) is 3.33. The highest BCUT2D eigenvalue weighted by Crippen LogP contribution is 2.26. The van der Waals surface area contributed by atoms with E-state index in [-0.39, 0.29) is 12.0 Å². The first-order valence-electron chi connectivity index (χ1n) is 8.75. The summed E-state index contributed by atoms with van der Waals surface area (Å²) in [5, 5.41) is 2.99. The molecule has 0 bridgehead atoms. The molecular formula is C19H25N3O2. The molecular weight excluding hydrogens is 302 g/mol. The first-order valence-corrected chi connectivity index (χ1v) is 8.75. The maximum Gasteiger partial charge on any atom is 0.255 e. The summed E-state index contributed by atoms with van der Waals surface area (Å²) in [4.78, 5) is 16.7. The monoisotopic (exact) mass is 327 g/mol. The van der Waals surface area contributed by atoms with Gasteiger partial charge in [-0.15, -0.1) is 0 Å². The van der Waals surface area contributed by atoms with Crippen LogP contribution in [0.15, 0.2) is 36.7 Å². The van der Waals surface area contributed by atoms with E-state index in [1.54, 1.807) is 6.20 Å². The molecule has 1 N–H and O–H groups in total. The van der Waals surface area contributed by atoms with Gasteiger partial charge in [0.2, 0.25) is 0 Å². The van der Waals surface area contributed by atoms with Crippen molar-refractivity contribution in [2.24, 2.45) is 0 Å². The average molecular weight is 327 g/mol. The number of imidazole rings is 1. The number of nitrogens with zero attached hydrogens (tertiary/aromatic N) is 2. The Morgan fingerprint density at radius 3 is 2.88 bits per heavy atom. The standard InChI is InChI=1S/C19H25N3O2/c1-15-20-12-14-22(15)13-6-11-21-19(23)17-9-4-5-10-18(17)24-16-7-2-3-8-16/h4-5,9-10,12,14,16H,2-3,6-8,11,13H2,1H3,(H,21,23). The van der Waals surface area contributed by atoms with Crippen LogP contribution >= 0.6 is 0 Å². The fourth-order valence-electron chi connectivity index (χ4n) is 3.13. The number of benzene rings is 1. The molecule has 128 valence electrons. The zero-order valence-electron chi connectivity index (χ0n) is 14.2. The number of carbonyl (C=O) groups is 1. The number of ether oxygens (including phenoxy) is 1. The van der Waals surface area contributed by atoms with E-state index in [0.29, 0.717) is 17.9 Å². The Morgan fingerprint density at radius 1 is 1.33 bits per heavy atom. The van der Waals surface area contributed by atoms with Gasteiger partial charge in [-0.25, -0.2) is 4.98 Å². The van der Waals surface area contributed by atoms with Crippen LogP contribution in [-0.2, 0) is 6.54 Å². The molecule has 0 aliphatic heterocycles. The van der Waals surface area contributed by atoms with Crippen molar-refractivity contribution in [3.05, 3.63) is 48.0 Å². The van der Waals surface area contributed by atoms with E-state index in [4.69, 9.17) is 4.74 Å². The van der Waals surface area contributed by atoms with E-state index in [1.165, 1.54) is 12.8 Å². The zero-order valence-corrected chi connectivity index (χ0v) is 14.2. The number of carbonyl (C=O) groups excluding carboxylic acids is 1. The van der Waals surface area contributed by atoms with Gasteiger partial charge in [0.1, 0.15) is 11.6 Å². The molecule has 0 radical (unpaired) electrons. The molecule has 0 atom stereocenters. The van der Waals surface area contributed by atoms with Crippen LogP contribution in [0.1, 0.15) is 48.3 Å². The molecule has 5 nitrogen and oxygen atoms in total. The Hall–Kier alpha value is -2.30. The number of aryl methyl sites for hydroxylation is 2. The van der Waals surface area contributed by atoms with E-state index in [9.17, 15) is 4.79 Å². The smallest absolute Gasteiger partial charge is 0.255 e. The molecule has 1 saturated carbocycles. The molecule has 1 aliphatic rings. The Balaban J connectivity index is 1.51. The minimum Gasteiger partial charge on any atom is -0.490 e. The highest BCUT2D eigenvalue weighted by molar-refractivity contribution is 5.96. The second kappa shape index (κ2) is 7.99. The van der Waals surface area contributed by atoms with Gasteiger partial charge in [-0.2, -0.15) is 0 Å². The summed E-state index contributed by atoms with van der Waals surface area (Å²) in [7, 11) is 0. The van der Waals surface area contributed by atoms with Crippen molar-refractivity contribution < 1.29 is 9.53 Å². The topological polar surface area (TPSA) is 56.2 Å². The molecule has 5 heteroatoms. The molecule has 1 amide bonds. The van der Waals surface area contributed by atoms with Gasteiger partial charge in [0.15, 0.2) is 0 Å². The largest absolute Gasteiger partial charge is 0.490 e. The van der Waals surface area contributed by atoms with Gasteiger partial charge in [-0.3, -0.25) is 4.79 Å². The normalized spacial score (nSPS) is 14.7. The van der Waals surface area contributed by atoms with Crippen LogP contribution in [0.3, 0.4) is 0 Å². The lowest BCUT2D eigenvalue weighted by Crippen LogP contribution is -2.26. The molecule has 1 aromatic heterocycles. The van der Waals surface area contributed by atoms with Crippen LogP contribution < -0.4 is 10.1 Å². The molecule has 0 unspecified atom stereocenters. The molecule has 1 aliphatic carbocycles. The van der Waals surface area contributed by atoms with Crippen LogP contribution in [0.2, 0.25) is 0 Å². The van der Waals surface area contributed by atoms with Crippen molar-refractivity contribution in [3.63, 3.8) is 0 Å². The number of aromatic nitrogens is 2. The lowest BCUT2D eigenvalue weighted by Gasteiger charge is -2.16. The molecule has 1 fully saturated rings. The van der Waals surface area contributed by atoms with Gasteiger partial charge in [0.25, 0.3) is 5.91 Å². The molecule has 24 heavy (non-hydrogen) atoms. The minimum atomic E-state index is -0.0639. The lowest BCUT2D eigenvalue weighted by atomic mass is 10.1. The van der Waals surface area contributed by atoms with Gasteiger partial charge in [-0.1, -0.05) is 12.1 Å². The Bertz CT molecular complexity index is 675. The van der Waals surface area contributed by atoms with Crippen molar-refractivity contribution in [2.75, 3.05) is 6.54 Å². The van der Waals surface area contributed by atoms with Gasteiger partial charge < -0.3 is 14.6 Å². The quantitative estimate of drug-likeness (QED) is 0.794. The van der Waals surface area contributed by atoms with Crippen LogP contribution in [0, 0.1) is 6.92 Å². The average Bonchev–Trinajstić information content (AvgIpc) is 3.24. The SMILES string of the molecule is Cc1nccn1CCCNC(=O)c1ccccc1OC1CCCC1. The third-order valence-electron chi connectivity index (χ3n) is 4.51.